The molecule has 0 radical (unpaired) electrons. The SMILES string of the molecule is CCC(CC(C)CC(C)(CC)CC1CC1)NC(=O)NC1(C)CC1CC. The summed E-state index contributed by atoms with van der Waals surface area (Å²) in [5.41, 5.74) is 0.519. The molecule has 5 atom stereocenters. The van der Waals surface area contributed by atoms with Gasteiger partial charge in [0, 0.05) is 11.6 Å². The van der Waals surface area contributed by atoms with Gasteiger partial charge < -0.3 is 10.6 Å². The Hall–Kier alpha value is -0.730. The third-order valence-electron chi connectivity index (χ3n) is 6.99. The van der Waals surface area contributed by atoms with Crippen molar-refractivity contribution < 1.29 is 4.79 Å². The van der Waals surface area contributed by atoms with E-state index in [1.807, 2.05) is 0 Å². The second-order valence-electron chi connectivity index (χ2n) is 9.79. The summed E-state index contributed by atoms with van der Waals surface area (Å²) in [6.45, 7) is 13.8. The van der Waals surface area contributed by atoms with Crippen molar-refractivity contribution in [3.05, 3.63) is 0 Å². The minimum Gasteiger partial charge on any atom is -0.335 e. The van der Waals surface area contributed by atoms with Gasteiger partial charge in [-0.15, -0.1) is 0 Å². The van der Waals surface area contributed by atoms with Crippen molar-refractivity contribution in [3.63, 3.8) is 0 Å². The topological polar surface area (TPSA) is 41.1 Å². The molecule has 0 aliphatic heterocycles. The molecule has 25 heavy (non-hydrogen) atoms. The van der Waals surface area contributed by atoms with Crippen molar-refractivity contribution in [3.8, 4) is 0 Å². The van der Waals surface area contributed by atoms with Crippen LogP contribution in [0.5, 0.6) is 0 Å². The summed E-state index contributed by atoms with van der Waals surface area (Å²) in [6, 6.07) is 0.327. The fourth-order valence-corrected chi connectivity index (χ4v) is 4.81. The summed E-state index contributed by atoms with van der Waals surface area (Å²) >= 11 is 0. The normalized spacial score (nSPS) is 30.2. The number of carbonyl (C=O) groups is 1. The van der Waals surface area contributed by atoms with Gasteiger partial charge in [0.05, 0.1) is 0 Å². The van der Waals surface area contributed by atoms with Crippen molar-refractivity contribution in [2.75, 3.05) is 0 Å². The molecule has 5 unspecified atom stereocenters. The van der Waals surface area contributed by atoms with E-state index in [1.54, 1.807) is 0 Å². The number of amides is 2. The van der Waals surface area contributed by atoms with Gasteiger partial charge in [-0.2, -0.15) is 0 Å². The fraction of sp³-hybridized carbons (Fsp3) is 0.955. The molecule has 2 N–H and O–H groups in total. The average molecular weight is 351 g/mol. The van der Waals surface area contributed by atoms with Crippen molar-refractivity contribution in [1.29, 1.82) is 0 Å². The van der Waals surface area contributed by atoms with Gasteiger partial charge in [-0.25, -0.2) is 4.79 Å². The molecule has 0 heterocycles. The predicted octanol–water partition coefficient (Wildman–Crippen LogP) is 5.89. The van der Waals surface area contributed by atoms with Crippen LogP contribution in [0.4, 0.5) is 4.79 Å². The van der Waals surface area contributed by atoms with Gasteiger partial charge in [0.1, 0.15) is 0 Å². The van der Waals surface area contributed by atoms with E-state index in [0.717, 1.165) is 31.6 Å². The fourth-order valence-electron chi connectivity index (χ4n) is 4.81. The molecule has 0 spiro atoms. The van der Waals surface area contributed by atoms with Crippen LogP contribution < -0.4 is 10.6 Å². The van der Waals surface area contributed by atoms with Crippen molar-refractivity contribution in [1.82, 2.24) is 10.6 Å². The summed E-state index contributed by atoms with van der Waals surface area (Å²) in [4.78, 5) is 12.4. The van der Waals surface area contributed by atoms with Crippen molar-refractivity contribution in [2.45, 2.75) is 111 Å². The van der Waals surface area contributed by atoms with Crippen LogP contribution in [0, 0.1) is 23.2 Å². The highest BCUT2D eigenvalue weighted by molar-refractivity contribution is 5.75. The molecule has 2 aliphatic rings. The average Bonchev–Trinajstić information content (AvgIpc) is 3.44. The molecular formula is C22H42N2O. The zero-order valence-corrected chi connectivity index (χ0v) is 17.6. The van der Waals surface area contributed by atoms with Crippen LogP contribution in [0.15, 0.2) is 0 Å². The van der Waals surface area contributed by atoms with Gasteiger partial charge in [0.2, 0.25) is 0 Å². The molecule has 0 aromatic rings. The number of urea groups is 1. The molecule has 0 aromatic heterocycles. The second kappa shape index (κ2) is 8.31. The largest absolute Gasteiger partial charge is 0.335 e. The molecular weight excluding hydrogens is 308 g/mol. The smallest absolute Gasteiger partial charge is 0.315 e. The van der Waals surface area contributed by atoms with Crippen LogP contribution in [-0.2, 0) is 0 Å². The van der Waals surface area contributed by atoms with Crippen LogP contribution in [0.3, 0.4) is 0 Å². The predicted molar refractivity (Wildman–Crippen MR) is 107 cm³/mol. The monoisotopic (exact) mass is 350 g/mol. The highest BCUT2D eigenvalue weighted by atomic mass is 16.2. The van der Waals surface area contributed by atoms with E-state index < -0.39 is 0 Å². The van der Waals surface area contributed by atoms with Crippen LogP contribution in [-0.4, -0.2) is 17.6 Å². The lowest BCUT2D eigenvalue weighted by Gasteiger charge is -2.33. The Morgan fingerprint density at radius 3 is 2.44 bits per heavy atom. The summed E-state index contributed by atoms with van der Waals surface area (Å²) in [7, 11) is 0. The maximum atomic E-state index is 12.4. The summed E-state index contributed by atoms with van der Waals surface area (Å²) in [5, 5.41) is 6.46. The van der Waals surface area contributed by atoms with Crippen molar-refractivity contribution >= 4 is 6.03 Å². The Balaban J connectivity index is 1.76. The van der Waals surface area contributed by atoms with E-state index in [0.29, 0.717) is 23.3 Å². The van der Waals surface area contributed by atoms with E-state index >= 15 is 0 Å². The summed E-state index contributed by atoms with van der Waals surface area (Å²) in [5.74, 6) is 2.31. The molecule has 2 rings (SSSR count). The van der Waals surface area contributed by atoms with Gasteiger partial charge in [0.15, 0.2) is 0 Å². The number of carbonyl (C=O) groups excluding carboxylic acids is 1. The zero-order chi connectivity index (χ0) is 18.7. The highest BCUT2D eigenvalue weighted by Gasteiger charge is 2.49. The Morgan fingerprint density at radius 2 is 1.96 bits per heavy atom. The third-order valence-corrected chi connectivity index (χ3v) is 6.99. The molecule has 0 saturated heterocycles. The number of rotatable bonds is 11. The first-order chi connectivity index (χ1) is 11.7. The molecule has 3 heteroatoms. The molecule has 3 nitrogen and oxygen atoms in total. The molecule has 0 aromatic carbocycles. The lowest BCUT2D eigenvalue weighted by Crippen LogP contribution is -2.47. The standard InChI is InChI=1S/C22H42N2O/c1-7-18-15-22(18,6)24-20(25)23-19(8-2)12-16(4)13-21(5,9-3)14-17-10-11-17/h16-19H,7-15H2,1-6H3,(H2,23,24,25). The Kier molecular flexibility index (Phi) is 6.84. The minimum atomic E-state index is 0.0355. The van der Waals surface area contributed by atoms with E-state index in [2.05, 4.69) is 52.2 Å². The minimum absolute atomic E-state index is 0.0355. The maximum Gasteiger partial charge on any atom is 0.315 e. The molecule has 2 saturated carbocycles. The molecule has 2 amide bonds. The lowest BCUT2D eigenvalue weighted by molar-refractivity contribution is 0.192. The Morgan fingerprint density at radius 1 is 1.28 bits per heavy atom. The van der Waals surface area contributed by atoms with Crippen LogP contribution >= 0.6 is 0 Å². The first-order valence-electron chi connectivity index (χ1n) is 10.8. The van der Waals surface area contributed by atoms with Gasteiger partial charge in [0.25, 0.3) is 0 Å². The van der Waals surface area contributed by atoms with Crippen LogP contribution in [0.1, 0.15) is 99.3 Å². The first kappa shape index (κ1) is 20.6. The first-order valence-corrected chi connectivity index (χ1v) is 10.8. The number of hydrogen-bond donors (Lipinski definition) is 2. The van der Waals surface area contributed by atoms with Crippen LogP contribution in [0.25, 0.3) is 0 Å². The Labute approximate surface area is 156 Å². The number of hydrogen-bond acceptors (Lipinski definition) is 1. The van der Waals surface area contributed by atoms with Crippen LogP contribution in [0.2, 0.25) is 0 Å². The molecule has 2 fully saturated rings. The van der Waals surface area contributed by atoms with Gasteiger partial charge in [-0.1, -0.05) is 60.3 Å². The third kappa shape index (κ3) is 6.18. The quantitative estimate of drug-likeness (QED) is 0.479. The molecule has 2 aliphatic carbocycles. The van der Waals surface area contributed by atoms with Gasteiger partial charge in [-0.3, -0.25) is 0 Å². The molecule has 146 valence electrons. The summed E-state index contributed by atoms with van der Waals surface area (Å²) < 4.78 is 0. The van der Waals surface area contributed by atoms with Gasteiger partial charge in [-0.05, 0) is 62.2 Å². The second-order valence-corrected chi connectivity index (χ2v) is 9.79. The Bertz CT molecular complexity index is 447. The van der Waals surface area contributed by atoms with Crippen molar-refractivity contribution in [2.24, 2.45) is 23.2 Å². The van der Waals surface area contributed by atoms with E-state index in [4.69, 9.17) is 0 Å². The summed E-state index contributed by atoms with van der Waals surface area (Å²) in [6.07, 6.45) is 11.2. The zero-order valence-electron chi connectivity index (χ0n) is 17.6. The lowest BCUT2D eigenvalue weighted by atomic mass is 9.74. The maximum absolute atomic E-state index is 12.4. The van der Waals surface area contributed by atoms with E-state index in [-0.39, 0.29) is 11.6 Å². The molecule has 0 bridgehead atoms. The van der Waals surface area contributed by atoms with Gasteiger partial charge >= 0.3 is 6.03 Å². The number of nitrogens with one attached hydrogen (secondary N) is 2. The van der Waals surface area contributed by atoms with E-state index in [1.165, 1.54) is 32.1 Å². The van der Waals surface area contributed by atoms with E-state index in [9.17, 15) is 4.79 Å². The highest BCUT2D eigenvalue weighted by Crippen LogP contribution is 2.46.